The van der Waals surface area contributed by atoms with E-state index in [-0.39, 0.29) is 11.9 Å². The Balaban J connectivity index is 2.68. The third-order valence-electron chi connectivity index (χ3n) is 3.11. The van der Waals surface area contributed by atoms with E-state index < -0.39 is 6.10 Å². The van der Waals surface area contributed by atoms with Gasteiger partial charge in [-0.1, -0.05) is 32.4 Å². The second kappa shape index (κ2) is 8.46. The van der Waals surface area contributed by atoms with Crippen molar-refractivity contribution in [2.24, 2.45) is 0 Å². The van der Waals surface area contributed by atoms with Gasteiger partial charge in [-0.15, -0.1) is 0 Å². The highest BCUT2D eigenvalue weighted by Crippen LogP contribution is 2.27. The van der Waals surface area contributed by atoms with Gasteiger partial charge in [-0.3, -0.25) is 4.79 Å². The lowest BCUT2D eigenvalue weighted by Crippen LogP contribution is -2.42. The molecule has 1 aromatic carbocycles. The van der Waals surface area contributed by atoms with Crippen LogP contribution in [0, 0.1) is 0 Å². The Hall–Kier alpha value is -1.71. The maximum atomic E-state index is 12.2. The molecule has 4 nitrogen and oxygen atoms in total. The number of rotatable bonds is 8. The number of hydrogen-bond donors (Lipinski definition) is 1. The number of carbonyl (C=O) groups excluding carboxylic acids is 1. The molecule has 1 aromatic rings. The van der Waals surface area contributed by atoms with Gasteiger partial charge in [0.2, 0.25) is 0 Å². The first-order chi connectivity index (χ1) is 9.62. The highest BCUT2D eigenvalue weighted by molar-refractivity contribution is 5.81. The predicted octanol–water partition coefficient (Wildman–Crippen LogP) is 3.16. The number of carbonyl (C=O) groups is 1. The highest BCUT2D eigenvalue weighted by atomic mass is 16.5. The summed E-state index contributed by atoms with van der Waals surface area (Å²) in [5, 5.41) is 2.98. The van der Waals surface area contributed by atoms with E-state index in [9.17, 15) is 4.79 Å². The number of hydrogen-bond acceptors (Lipinski definition) is 3. The molecule has 0 spiro atoms. The Labute approximate surface area is 121 Å². The van der Waals surface area contributed by atoms with Gasteiger partial charge in [0.15, 0.2) is 17.6 Å². The van der Waals surface area contributed by atoms with Crippen molar-refractivity contribution in [1.82, 2.24) is 5.32 Å². The van der Waals surface area contributed by atoms with E-state index in [1.54, 1.807) is 7.11 Å². The molecule has 112 valence electrons. The van der Waals surface area contributed by atoms with Crippen LogP contribution in [0.1, 0.15) is 40.0 Å². The third-order valence-corrected chi connectivity index (χ3v) is 3.11. The van der Waals surface area contributed by atoms with Crippen molar-refractivity contribution in [3.8, 4) is 11.5 Å². The molecular formula is C16H25NO3. The minimum atomic E-state index is -0.495. The maximum Gasteiger partial charge on any atom is 0.261 e. The normalized spacial score (nSPS) is 13.4. The van der Waals surface area contributed by atoms with Crippen LogP contribution < -0.4 is 14.8 Å². The van der Waals surface area contributed by atoms with Crippen LogP contribution in [0.15, 0.2) is 24.3 Å². The van der Waals surface area contributed by atoms with E-state index >= 15 is 0 Å². The molecule has 0 aromatic heterocycles. The van der Waals surface area contributed by atoms with Crippen molar-refractivity contribution in [1.29, 1.82) is 0 Å². The minimum absolute atomic E-state index is 0.0700. The van der Waals surface area contributed by atoms with Gasteiger partial charge < -0.3 is 14.8 Å². The van der Waals surface area contributed by atoms with Crippen LogP contribution in [0.2, 0.25) is 0 Å². The molecule has 0 saturated heterocycles. The van der Waals surface area contributed by atoms with Gasteiger partial charge >= 0.3 is 0 Å². The first-order valence-electron chi connectivity index (χ1n) is 7.22. The van der Waals surface area contributed by atoms with Crippen LogP contribution in [0.5, 0.6) is 11.5 Å². The molecule has 20 heavy (non-hydrogen) atoms. The topological polar surface area (TPSA) is 47.6 Å². The van der Waals surface area contributed by atoms with Crippen LogP contribution >= 0.6 is 0 Å². The van der Waals surface area contributed by atoms with Crippen molar-refractivity contribution in [2.75, 3.05) is 7.11 Å². The van der Waals surface area contributed by atoms with Crippen molar-refractivity contribution in [3.63, 3.8) is 0 Å². The fourth-order valence-corrected chi connectivity index (χ4v) is 2.03. The lowest BCUT2D eigenvalue weighted by molar-refractivity contribution is -0.128. The van der Waals surface area contributed by atoms with Gasteiger partial charge in [-0.05, 0) is 31.9 Å². The largest absolute Gasteiger partial charge is 0.493 e. The summed E-state index contributed by atoms with van der Waals surface area (Å²) in [5.41, 5.74) is 0. The van der Waals surface area contributed by atoms with E-state index in [1.807, 2.05) is 38.1 Å². The Bertz CT molecular complexity index is 420. The SMILES string of the molecule is CCC[C@H](C)NC(=O)[C@H](CC)Oc1ccccc1OC. The fraction of sp³-hybridized carbons (Fsp3) is 0.562. The van der Waals surface area contributed by atoms with Crippen molar-refractivity contribution >= 4 is 5.91 Å². The summed E-state index contributed by atoms with van der Waals surface area (Å²) in [5.74, 6) is 1.17. The van der Waals surface area contributed by atoms with Crippen molar-refractivity contribution < 1.29 is 14.3 Å². The molecule has 1 N–H and O–H groups in total. The van der Waals surface area contributed by atoms with Gasteiger partial charge in [-0.2, -0.15) is 0 Å². The number of nitrogens with one attached hydrogen (secondary N) is 1. The van der Waals surface area contributed by atoms with E-state index in [2.05, 4.69) is 12.2 Å². The monoisotopic (exact) mass is 279 g/mol. The van der Waals surface area contributed by atoms with E-state index in [4.69, 9.17) is 9.47 Å². The van der Waals surface area contributed by atoms with Gasteiger partial charge in [0.05, 0.1) is 7.11 Å². The molecule has 2 atom stereocenters. The summed E-state index contributed by atoms with van der Waals surface area (Å²) in [6.07, 6.45) is 2.14. The number of methoxy groups -OCH3 is 1. The minimum Gasteiger partial charge on any atom is -0.493 e. The quantitative estimate of drug-likeness (QED) is 0.795. The van der Waals surface area contributed by atoms with Gasteiger partial charge in [0.25, 0.3) is 5.91 Å². The summed E-state index contributed by atoms with van der Waals surface area (Å²) in [7, 11) is 1.59. The van der Waals surface area contributed by atoms with E-state index in [0.717, 1.165) is 12.8 Å². The molecule has 0 heterocycles. The smallest absolute Gasteiger partial charge is 0.261 e. The molecule has 0 bridgehead atoms. The highest BCUT2D eigenvalue weighted by Gasteiger charge is 2.21. The number of benzene rings is 1. The Kier molecular flexibility index (Phi) is 6.91. The summed E-state index contributed by atoms with van der Waals surface area (Å²) in [6.45, 7) is 6.05. The average molecular weight is 279 g/mol. The zero-order valence-corrected chi connectivity index (χ0v) is 12.8. The lowest BCUT2D eigenvalue weighted by Gasteiger charge is -2.21. The van der Waals surface area contributed by atoms with Crippen LogP contribution in [0.25, 0.3) is 0 Å². The standard InChI is InChI=1S/C16H25NO3/c1-5-9-12(3)17-16(18)13(6-2)20-15-11-8-7-10-14(15)19-4/h7-8,10-13H,5-6,9H2,1-4H3,(H,17,18)/t12-,13-/m0/s1. The van der Waals surface area contributed by atoms with Crippen molar-refractivity contribution in [2.45, 2.75) is 52.2 Å². The number of ether oxygens (including phenoxy) is 2. The van der Waals surface area contributed by atoms with Crippen LogP contribution in [-0.2, 0) is 4.79 Å². The lowest BCUT2D eigenvalue weighted by atomic mass is 10.1. The average Bonchev–Trinajstić information content (AvgIpc) is 2.45. The molecule has 1 rings (SSSR count). The Morgan fingerprint density at radius 2 is 1.90 bits per heavy atom. The van der Waals surface area contributed by atoms with Crippen LogP contribution in [-0.4, -0.2) is 25.2 Å². The van der Waals surface area contributed by atoms with Crippen molar-refractivity contribution in [3.05, 3.63) is 24.3 Å². The molecule has 1 amide bonds. The zero-order valence-electron chi connectivity index (χ0n) is 12.8. The Morgan fingerprint density at radius 1 is 1.25 bits per heavy atom. The molecule has 0 unspecified atom stereocenters. The molecule has 0 aliphatic carbocycles. The van der Waals surface area contributed by atoms with Crippen LogP contribution in [0.3, 0.4) is 0 Å². The zero-order chi connectivity index (χ0) is 15.0. The van der Waals surface area contributed by atoms with Gasteiger partial charge in [-0.25, -0.2) is 0 Å². The molecule has 0 radical (unpaired) electrons. The van der Waals surface area contributed by atoms with Gasteiger partial charge in [0.1, 0.15) is 0 Å². The van der Waals surface area contributed by atoms with Crippen LogP contribution in [0.4, 0.5) is 0 Å². The second-order valence-corrected chi connectivity index (χ2v) is 4.86. The molecular weight excluding hydrogens is 254 g/mol. The first kappa shape index (κ1) is 16.3. The number of para-hydroxylation sites is 2. The molecule has 0 fully saturated rings. The van der Waals surface area contributed by atoms with Gasteiger partial charge in [0, 0.05) is 6.04 Å². The van der Waals surface area contributed by atoms with E-state index in [1.165, 1.54) is 0 Å². The summed E-state index contributed by atoms with van der Waals surface area (Å²) in [6, 6.07) is 7.53. The van der Waals surface area contributed by atoms with E-state index in [0.29, 0.717) is 17.9 Å². The first-order valence-corrected chi connectivity index (χ1v) is 7.22. The summed E-state index contributed by atoms with van der Waals surface area (Å²) in [4.78, 5) is 12.2. The maximum absolute atomic E-state index is 12.2. The molecule has 0 aliphatic heterocycles. The molecule has 0 saturated carbocycles. The Morgan fingerprint density at radius 3 is 2.45 bits per heavy atom. The molecule has 0 aliphatic rings. The second-order valence-electron chi connectivity index (χ2n) is 4.86. The fourth-order valence-electron chi connectivity index (χ4n) is 2.03. The summed E-state index contributed by atoms with van der Waals surface area (Å²) < 4.78 is 11.0. The molecule has 4 heteroatoms. The predicted molar refractivity (Wildman–Crippen MR) is 80.2 cm³/mol. The summed E-state index contributed by atoms with van der Waals surface area (Å²) >= 11 is 0. The third kappa shape index (κ3) is 4.76. The number of amides is 1.